The minimum Gasteiger partial charge on any atom is -0.366 e. The summed E-state index contributed by atoms with van der Waals surface area (Å²) in [6.07, 6.45) is 2.28. The van der Waals surface area contributed by atoms with Gasteiger partial charge in [-0.2, -0.15) is 0 Å². The van der Waals surface area contributed by atoms with E-state index in [1.165, 1.54) is 12.3 Å². The monoisotopic (exact) mass is 230 g/mol. The Kier molecular flexibility index (Phi) is 3.45. The first-order chi connectivity index (χ1) is 8.29. The number of anilines is 1. The molecule has 4 heteroatoms. The van der Waals surface area contributed by atoms with Gasteiger partial charge in [-0.25, -0.2) is 9.37 Å². The molecular weight excluding hydrogens is 219 g/mol. The maximum absolute atomic E-state index is 13.3. The fraction of sp³-hybridized carbons (Fsp3) is 0.0769. The summed E-state index contributed by atoms with van der Waals surface area (Å²) in [4.78, 5) is 14.6. The van der Waals surface area contributed by atoms with Gasteiger partial charge in [0.05, 0.1) is 0 Å². The Morgan fingerprint density at radius 3 is 2.88 bits per heavy atom. The van der Waals surface area contributed by atoms with E-state index in [1.807, 2.05) is 0 Å². The van der Waals surface area contributed by atoms with Gasteiger partial charge in [-0.05, 0) is 18.2 Å². The van der Waals surface area contributed by atoms with Crippen LogP contribution in [0.4, 0.5) is 10.2 Å². The van der Waals surface area contributed by atoms with Crippen LogP contribution in [0.15, 0.2) is 42.6 Å². The third-order valence-electron chi connectivity index (χ3n) is 2.34. The van der Waals surface area contributed by atoms with E-state index in [4.69, 9.17) is 0 Å². The lowest BCUT2D eigenvalue weighted by Gasteiger charge is -2.06. The smallest absolute Gasteiger partial charge is 0.150 e. The molecule has 0 saturated carbocycles. The first-order valence-corrected chi connectivity index (χ1v) is 5.18. The highest BCUT2D eigenvalue weighted by atomic mass is 19.1. The summed E-state index contributed by atoms with van der Waals surface area (Å²) in [7, 11) is 0. The lowest BCUT2D eigenvalue weighted by molar-refractivity contribution is 0.112. The highest BCUT2D eigenvalue weighted by Crippen LogP contribution is 2.10. The van der Waals surface area contributed by atoms with Gasteiger partial charge in [0.25, 0.3) is 0 Å². The van der Waals surface area contributed by atoms with Crippen molar-refractivity contribution in [2.24, 2.45) is 0 Å². The van der Waals surface area contributed by atoms with Gasteiger partial charge in [-0.15, -0.1) is 0 Å². The number of nitrogens with zero attached hydrogens (tertiary/aromatic N) is 1. The Morgan fingerprint density at radius 2 is 2.12 bits per heavy atom. The highest BCUT2D eigenvalue weighted by Gasteiger charge is 2.01. The highest BCUT2D eigenvalue weighted by molar-refractivity contribution is 5.75. The van der Waals surface area contributed by atoms with E-state index in [1.54, 1.807) is 30.3 Å². The van der Waals surface area contributed by atoms with E-state index in [9.17, 15) is 9.18 Å². The molecule has 0 fully saturated rings. The second kappa shape index (κ2) is 5.21. The Balaban J connectivity index is 2.07. The number of carbonyl (C=O) groups is 1. The number of benzene rings is 1. The zero-order valence-electron chi connectivity index (χ0n) is 9.06. The maximum Gasteiger partial charge on any atom is 0.150 e. The quantitative estimate of drug-likeness (QED) is 0.821. The molecule has 0 saturated heterocycles. The molecule has 2 aromatic rings. The summed E-state index contributed by atoms with van der Waals surface area (Å²) in [5.74, 6) is 0.296. The molecular formula is C13H11FN2O. The molecule has 0 bridgehead atoms. The van der Waals surface area contributed by atoms with Crippen molar-refractivity contribution >= 4 is 12.1 Å². The Hall–Kier alpha value is -2.23. The summed E-state index contributed by atoms with van der Waals surface area (Å²) in [5.41, 5.74) is 1.10. The third-order valence-corrected chi connectivity index (χ3v) is 2.34. The van der Waals surface area contributed by atoms with Crippen molar-refractivity contribution in [3.63, 3.8) is 0 Å². The first-order valence-electron chi connectivity index (χ1n) is 5.18. The second-order valence-corrected chi connectivity index (χ2v) is 3.54. The lowest BCUT2D eigenvalue weighted by atomic mass is 10.2. The SMILES string of the molecule is O=Cc1ccnc(NCc2ccccc2F)c1. The molecule has 0 aliphatic heterocycles. The van der Waals surface area contributed by atoms with E-state index in [0.29, 0.717) is 23.5 Å². The van der Waals surface area contributed by atoms with Gasteiger partial charge in [0.1, 0.15) is 17.9 Å². The predicted octanol–water partition coefficient (Wildman–Crippen LogP) is 2.65. The fourth-order valence-electron chi connectivity index (χ4n) is 1.44. The van der Waals surface area contributed by atoms with Crippen molar-refractivity contribution < 1.29 is 9.18 Å². The van der Waals surface area contributed by atoms with Crippen LogP contribution < -0.4 is 5.32 Å². The molecule has 0 spiro atoms. The molecule has 2 rings (SSSR count). The molecule has 0 atom stereocenters. The molecule has 3 nitrogen and oxygen atoms in total. The molecule has 0 aliphatic rings. The van der Waals surface area contributed by atoms with E-state index in [0.717, 1.165) is 6.29 Å². The zero-order chi connectivity index (χ0) is 12.1. The van der Waals surface area contributed by atoms with Crippen molar-refractivity contribution in [3.8, 4) is 0 Å². The molecule has 1 N–H and O–H groups in total. The summed E-state index contributed by atoms with van der Waals surface area (Å²) >= 11 is 0. The van der Waals surface area contributed by atoms with Crippen LogP contribution in [0, 0.1) is 5.82 Å². The van der Waals surface area contributed by atoms with E-state index in [-0.39, 0.29) is 5.82 Å². The minimum absolute atomic E-state index is 0.258. The van der Waals surface area contributed by atoms with E-state index >= 15 is 0 Å². The third kappa shape index (κ3) is 2.87. The van der Waals surface area contributed by atoms with Gasteiger partial charge in [0.15, 0.2) is 0 Å². The van der Waals surface area contributed by atoms with Crippen LogP contribution in [0.3, 0.4) is 0 Å². The summed E-state index contributed by atoms with van der Waals surface area (Å²) in [5, 5.41) is 2.97. The van der Waals surface area contributed by atoms with Crippen LogP contribution in [0.2, 0.25) is 0 Å². The Labute approximate surface area is 98.3 Å². The molecule has 17 heavy (non-hydrogen) atoms. The molecule has 1 aromatic heterocycles. The van der Waals surface area contributed by atoms with Crippen LogP contribution in [0.1, 0.15) is 15.9 Å². The number of rotatable bonds is 4. The maximum atomic E-state index is 13.3. The zero-order valence-corrected chi connectivity index (χ0v) is 9.06. The van der Waals surface area contributed by atoms with Crippen LogP contribution in [-0.4, -0.2) is 11.3 Å². The molecule has 0 amide bonds. The number of aromatic nitrogens is 1. The van der Waals surface area contributed by atoms with Gasteiger partial charge in [-0.1, -0.05) is 18.2 Å². The van der Waals surface area contributed by atoms with Crippen LogP contribution in [-0.2, 0) is 6.54 Å². The fourth-order valence-corrected chi connectivity index (χ4v) is 1.44. The predicted molar refractivity (Wildman–Crippen MR) is 63.4 cm³/mol. The largest absolute Gasteiger partial charge is 0.366 e. The van der Waals surface area contributed by atoms with Gasteiger partial charge in [-0.3, -0.25) is 4.79 Å². The normalized spacial score (nSPS) is 9.94. The molecule has 1 aromatic carbocycles. The van der Waals surface area contributed by atoms with Gasteiger partial charge >= 0.3 is 0 Å². The molecule has 0 unspecified atom stereocenters. The number of hydrogen-bond acceptors (Lipinski definition) is 3. The van der Waals surface area contributed by atoms with Crippen LogP contribution in [0.5, 0.6) is 0 Å². The Morgan fingerprint density at radius 1 is 1.29 bits per heavy atom. The molecule has 0 aliphatic carbocycles. The first kappa shape index (κ1) is 11.3. The Bertz CT molecular complexity index is 528. The minimum atomic E-state index is -0.258. The number of hydrogen-bond donors (Lipinski definition) is 1. The van der Waals surface area contributed by atoms with E-state index in [2.05, 4.69) is 10.3 Å². The van der Waals surface area contributed by atoms with Crippen molar-refractivity contribution in [1.82, 2.24) is 4.98 Å². The molecule has 1 heterocycles. The number of aldehydes is 1. The average Bonchev–Trinajstić information content (AvgIpc) is 2.38. The van der Waals surface area contributed by atoms with Crippen molar-refractivity contribution in [2.45, 2.75) is 6.54 Å². The number of carbonyl (C=O) groups excluding carboxylic acids is 1. The summed E-state index contributed by atoms with van der Waals surface area (Å²) in [6, 6.07) is 9.76. The summed E-state index contributed by atoms with van der Waals surface area (Å²) < 4.78 is 13.3. The van der Waals surface area contributed by atoms with Crippen molar-refractivity contribution in [2.75, 3.05) is 5.32 Å². The van der Waals surface area contributed by atoms with Gasteiger partial charge < -0.3 is 5.32 Å². The average molecular weight is 230 g/mol. The lowest BCUT2D eigenvalue weighted by Crippen LogP contribution is -2.03. The molecule has 86 valence electrons. The number of pyridine rings is 1. The van der Waals surface area contributed by atoms with Crippen LogP contribution >= 0.6 is 0 Å². The number of nitrogens with one attached hydrogen (secondary N) is 1. The second-order valence-electron chi connectivity index (χ2n) is 3.54. The van der Waals surface area contributed by atoms with Crippen molar-refractivity contribution in [1.29, 1.82) is 0 Å². The van der Waals surface area contributed by atoms with Crippen LogP contribution in [0.25, 0.3) is 0 Å². The topological polar surface area (TPSA) is 42.0 Å². The van der Waals surface area contributed by atoms with Crippen molar-refractivity contribution in [3.05, 3.63) is 59.5 Å². The molecule has 0 radical (unpaired) electrons. The number of halogens is 1. The van der Waals surface area contributed by atoms with E-state index < -0.39 is 0 Å². The standard InChI is InChI=1S/C13H11FN2O/c14-12-4-2-1-3-11(12)8-16-13-7-10(9-17)5-6-15-13/h1-7,9H,8H2,(H,15,16). The van der Waals surface area contributed by atoms with Gasteiger partial charge in [0, 0.05) is 23.9 Å². The summed E-state index contributed by atoms with van der Waals surface area (Å²) in [6.45, 7) is 0.335. The van der Waals surface area contributed by atoms with Gasteiger partial charge in [0.2, 0.25) is 0 Å².